The summed E-state index contributed by atoms with van der Waals surface area (Å²) in [5, 5.41) is 3.38. The van der Waals surface area contributed by atoms with Crippen LogP contribution in [0.15, 0.2) is 12.4 Å². The van der Waals surface area contributed by atoms with Gasteiger partial charge in [0.25, 0.3) is 0 Å². The Morgan fingerprint density at radius 2 is 1.71 bits per heavy atom. The first-order valence-electron chi connectivity index (χ1n) is 8.40. The van der Waals surface area contributed by atoms with Gasteiger partial charge in [-0.05, 0) is 31.7 Å². The Morgan fingerprint density at radius 3 is 2.19 bits per heavy atom. The lowest BCUT2D eigenvalue weighted by Crippen LogP contribution is -2.38. The van der Waals surface area contributed by atoms with Gasteiger partial charge in [-0.25, -0.2) is 9.97 Å². The molecule has 0 saturated heterocycles. The molecule has 1 N–H and O–H groups in total. The van der Waals surface area contributed by atoms with E-state index in [1.807, 2.05) is 12.4 Å². The molecule has 1 heterocycles. The Labute approximate surface area is 130 Å². The lowest BCUT2D eigenvalue weighted by Gasteiger charge is -2.32. The quantitative estimate of drug-likeness (QED) is 0.669. The highest BCUT2D eigenvalue weighted by molar-refractivity contribution is 5.31. The van der Waals surface area contributed by atoms with Crippen molar-refractivity contribution in [1.82, 2.24) is 15.3 Å². The molecule has 0 aromatic carbocycles. The van der Waals surface area contributed by atoms with Gasteiger partial charge in [-0.3, -0.25) is 0 Å². The molecule has 0 aliphatic carbocycles. The topological polar surface area (TPSA) is 41.1 Å². The van der Waals surface area contributed by atoms with Crippen LogP contribution in [0.25, 0.3) is 0 Å². The molecule has 1 aromatic rings. The van der Waals surface area contributed by atoms with Crippen molar-refractivity contribution >= 4 is 5.95 Å². The molecule has 21 heavy (non-hydrogen) atoms. The highest BCUT2D eigenvalue weighted by atomic mass is 15.3. The van der Waals surface area contributed by atoms with Crippen molar-refractivity contribution in [1.29, 1.82) is 0 Å². The van der Waals surface area contributed by atoms with Crippen molar-refractivity contribution in [2.75, 3.05) is 18.0 Å². The van der Waals surface area contributed by atoms with Crippen molar-refractivity contribution in [3.05, 3.63) is 18.0 Å². The van der Waals surface area contributed by atoms with Crippen molar-refractivity contribution in [2.24, 2.45) is 5.92 Å². The Hall–Kier alpha value is -1.16. The molecule has 0 saturated carbocycles. The van der Waals surface area contributed by atoms with Gasteiger partial charge < -0.3 is 10.2 Å². The van der Waals surface area contributed by atoms with Crippen LogP contribution in [0.1, 0.15) is 59.4 Å². The number of nitrogens with one attached hydrogen (secondary N) is 1. The van der Waals surface area contributed by atoms with Crippen LogP contribution < -0.4 is 10.2 Å². The second kappa shape index (κ2) is 9.72. The summed E-state index contributed by atoms with van der Waals surface area (Å²) in [4.78, 5) is 11.6. The molecule has 0 fully saturated rings. The van der Waals surface area contributed by atoms with E-state index in [1.165, 1.54) is 0 Å². The average Bonchev–Trinajstić information content (AvgIpc) is 2.48. The van der Waals surface area contributed by atoms with E-state index in [4.69, 9.17) is 0 Å². The first-order valence-corrected chi connectivity index (χ1v) is 8.40. The third-order valence-electron chi connectivity index (χ3n) is 3.65. The zero-order chi connectivity index (χ0) is 15.7. The minimum Gasteiger partial charge on any atom is -0.338 e. The maximum Gasteiger partial charge on any atom is 0.225 e. The Bertz CT molecular complexity index is 371. The Morgan fingerprint density at radius 1 is 1.10 bits per heavy atom. The molecule has 0 unspecified atom stereocenters. The van der Waals surface area contributed by atoms with Crippen LogP contribution in [0.5, 0.6) is 0 Å². The number of rotatable bonds is 10. The molecule has 0 atom stereocenters. The standard InChI is InChI=1S/C17H32N4/c1-6-9-18-10-15-11-19-17(20-12-15)21(13-14(4)5)16(7-2)8-3/h11-12,14,16,18H,6-10,13H2,1-5H3. The molecular weight excluding hydrogens is 260 g/mol. The third-order valence-corrected chi connectivity index (χ3v) is 3.65. The van der Waals surface area contributed by atoms with Gasteiger partial charge in [0.15, 0.2) is 0 Å². The maximum absolute atomic E-state index is 4.60. The van der Waals surface area contributed by atoms with E-state index in [-0.39, 0.29) is 0 Å². The summed E-state index contributed by atoms with van der Waals surface area (Å²) in [6.07, 6.45) is 7.33. The van der Waals surface area contributed by atoms with E-state index in [9.17, 15) is 0 Å². The number of anilines is 1. The van der Waals surface area contributed by atoms with Crippen LogP contribution in [-0.2, 0) is 6.54 Å². The summed E-state index contributed by atoms with van der Waals surface area (Å²) in [6.45, 7) is 14.1. The molecule has 120 valence electrons. The van der Waals surface area contributed by atoms with E-state index in [2.05, 4.69) is 54.8 Å². The Kier molecular flexibility index (Phi) is 8.28. The van der Waals surface area contributed by atoms with Gasteiger partial charge in [-0.1, -0.05) is 34.6 Å². The predicted molar refractivity (Wildman–Crippen MR) is 90.6 cm³/mol. The lowest BCUT2D eigenvalue weighted by molar-refractivity contribution is 0.498. The molecular formula is C17H32N4. The minimum atomic E-state index is 0.525. The van der Waals surface area contributed by atoms with Crippen LogP contribution in [0.3, 0.4) is 0 Å². The summed E-state index contributed by atoms with van der Waals surface area (Å²) in [7, 11) is 0. The van der Waals surface area contributed by atoms with Crippen LogP contribution >= 0.6 is 0 Å². The number of aromatic nitrogens is 2. The van der Waals surface area contributed by atoms with Crippen molar-refractivity contribution in [3.8, 4) is 0 Å². The van der Waals surface area contributed by atoms with Gasteiger partial charge in [0.2, 0.25) is 5.95 Å². The van der Waals surface area contributed by atoms with E-state index >= 15 is 0 Å². The summed E-state index contributed by atoms with van der Waals surface area (Å²) in [6, 6.07) is 0.525. The highest BCUT2D eigenvalue weighted by Crippen LogP contribution is 2.18. The molecule has 1 aromatic heterocycles. The Balaban J connectivity index is 2.77. The van der Waals surface area contributed by atoms with Crippen molar-refractivity contribution in [2.45, 2.75) is 66.5 Å². The van der Waals surface area contributed by atoms with Gasteiger partial charge in [-0.2, -0.15) is 0 Å². The summed E-state index contributed by atoms with van der Waals surface area (Å²) < 4.78 is 0. The van der Waals surface area contributed by atoms with Crippen LogP contribution in [-0.4, -0.2) is 29.1 Å². The third kappa shape index (κ3) is 6.00. The second-order valence-electron chi connectivity index (χ2n) is 6.08. The predicted octanol–water partition coefficient (Wildman–Crippen LogP) is 3.63. The number of hydrogen-bond acceptors (Lipinski definition) is 4. The van der Waals surface area contributed by atoms with E-state index < -0.39 is 0 Å². The van der Waals surface area contributed by atoms with Gasteiger partial charge in [0, 0.05) is 37.1 Å². The van der Waals surface area contributed by atoms with Crippen LogP contribution in [0.2, 0.25) is 0 Å². The van der Waals surface area contributed by atoms with Gasteiger partial charge in [0.05, 0.1) is 0 Å². The van der Waals surface area contributed by atoms with E-state index in [0.29, 0.717) is 12.0 Å². The number of hydrogen-bond donors (Lipinski definition) is 1. The first-order chi connectivity index (χ1) is 10.1. The minimum absolute atomic E-state index is 0.525. The van der Waals surface area contributed by atoms with Crippen molar-refractivity contribution in [3.63, 3.8) is 0 Å². The molecule has 0 bridgehead atoms. The maximum atomic E-state index is 4.60. The lowest BCUT2D eigenvalue weighted by atomic mass is 10.1. The smallest absolute Gasteiger partial charge is 0.225 e. The van der Waals surface area contributed by atoms with Gasteiger partial charge in [-0.15, -0.1) is 0 Å². The molecule has 4 heteroatoms. The van der Waals surface area contributed by atoms with Gasteiger partial charge >= 0.3 is 0 Å². The molecule has 0 spiro atoms. The van der Waals surface area contributed by atoms with Crippen molar-refractivity contribution < 1.29 is 0 Å². The summed E-state index contributed by atoms with van der Waals surface area (Å²) in [5.41, 5.74) is 1.15. The fourth-order valence-corrected chi connectivity index (χ4v) is 2.51. The molecule has 0 amide bonds. The highest BCUT2D eigenvalue weighted by Gasteiger charge is 2.19. The molecule has 4 nitrogen and oxygen atoms in total. The van der Waals surface area contributed by atoms with Crippen LogP contribution in [0.4, 0.5) is 5.95 Å². The van der Waals surface area contributed by atoms with E-state index in [0.717, 1.165) is 50.4 Å². The van der Waals surface area contributed by atoms with E-state index in [1.54, 1.807) is 0 Å². The largest absolute Gasteiger partial charge is 0.338 e. The number of nitrogens with zero attached hydrogens (tertiary/aromatic N) is 3. The normalized spacial score (nSPS) is 11.4. The second-order valence-corrected chi connectivity index (χ2v) is 6.08. The molecule has 0 radical (unpaired) electrons. The van der Waals surface area contributed by atoms with Gasteiger partial charge in [0.1, 0.15) is 0 Å². The molecule has 0 aliphatic heterocycles. The fourth-order valence-electron chi connectivity index (χ4n) is 2.51. The summed E-state index contributed by atoms with van der Waals surface area (Å²) in [5.74, 6) is 1.48. The zero-order valence-electron chi connectivity index (χ0n) is 14.4. The fraction of sp³-hybridized carbons (Fsp3) is 0.765. The first kappa shape index (κ1) is 17.9. The molecule has 0 aliphatic rings. The zero-order valence-corrected chi connectivity index (χ0v) is 14.4. The molecule has 1 rings (SSSR count). The van der Waals surface area contributed by atoms with Crippen LogP contribution in [0, 0.1) is 5.92 Å². The SMILES string of the molecule is CCCNCc1cnc(N(CC(C)C)C(CC)CC)nc1. The average molecular weight is 292 g/mol. The monoisotopic (exact) mass is 292 g/mol. The summed E-state index contributed by atoms with van der Waals surface area (Å²) >= 11 is 0.